The molecule has 0 radical (unpaired) electrons. The van der Waals surface area contributed by atoms with E-state index in [1.165, 1.54) is 57.4 Å². The third kappa shape index (κ3) is 5.85. The molecular weight excluding hydrogens is 212 g/mol. The van der Waals surface area contributed by atoms with Gasteiger partial charge in [0.05, 0.1) is 8.80 Å². The van der Waals surface area contributed by atoms with Crippen molar-refractivity contribution in [3.8, 4) is 0 Å². The zero-order chi connectivity index (χ0) is 11.6. The Balaban J connectivity index is 1.96. The lowest BCUT2D eigenvalue weighted by molar-refractivity contribution is 0.0625. The first kappa shape index (κ1) is 14.0. The fraction of sp³-hybridized carbons (Fsp3) is 0.857. The highest BCUT2D eigenvalue weighted by Crippen LogP contribution is 2.19. The molecule has 1 aliphatic heterocycles. The van der Waals surface area contributed by atoms with E-state index in [0.717, 1.165) is 6.61 Å². The first-order valence-electron chi connectivity index (χ1n) is 7.07. The van der Waals surface area contributed by atoms with Crippen LogP contribution >= 0.6 is 0 Å². The van der Waals surface area contributed by atoms with Gasteiger partial charge >= 0.3 is 0 Å². The van der Waals surface area contributed by atoms with Gasteiger partial charge in [0.2, 0.25) is 0 Å². The number of ether oxygens (including phenoxy) is 1. The second-order valence-electron chi connectivity index (χ2n) is 5.16. The molecule has 1 rings (SSSR count). The van der Waals surface area contributed by atoms with Gasteiger partial charge in [0.15, 0.2) is 0 Å². The van der Waals surface area contributed by atoms with Crippen molar-refractivity contribution in [1.29, 1.82) is 0 Å². The van der Waals surface area contributed by atoms with Crippen LogP contribution in [0.3, 0.4) is 0 Å². The molecule has 0 saturated carbocycles. The second-order valence-corrected chi connectivity index (χ2v) is 8.44. The lowest BCUT2D eigenvalue weighted by Gasteiger charge is -2.27. The summed E-state index contributed by atoms with van der Waals surface area (Å²) in [6.07, 6.45) is 12.8. The van der Waals surface area contributed by atoms with E-state index in [1.54, 1.807) is 0 Å². The molecule has 0 aromatic rings. The van der Waals surface area contributed by atoms with Crippen LogP contribution in [0.1, 0.15) is 51.4 Å². The normalized spacial score (nSPS) is 22.9. The van der Waals surface area contributed by atoms with E-state index in [9.17, 15) is 0 Å². The molecule has 2 atom stereocenters. The molecule has 2 unspecified atom stereocenters. The van der Waals surface area contributed by atoms with Crippen LogP contribution in [0.5, 0.6) is 0 Å². The third-order valence-corrected chi connectivity index (χ3v) is 6.78. The van der Waals surface area contributed by atoms with Crippen LogP contribution < -0.4 is 0 Å². The summed E-state index contributed by atoms with van der Waals surface area (Å²) in [6, 6.07) is 1.48. The molecule has 1 fully saturated rings. The van der Waals surface area contributed by atoms with Crippen molar-refractivity contribution in [2.45, 2.75) is 69.7 Å². The van der Waals surface area contributed by atoms with Crippen LogP contribution in [0.2, 0.25) is 12.6 Å². The molecule has 0 N–H and O–H groups in total. The van der Waals surface area contributed by atoms with Gasteiger partial charge in [0, 0.05) is 12.3 Å². The van der Waals surface area contributed by atoms with Crippen molar-refractivity contribution < 1.29 is 4.74 Å². The van der Waals surface area contributed by atoms with Crippen LogP contribution in [0.4, 0.5) is 0 Å². The number of rotatable bonds is 8. The van der Waals surface area contributed by atoms with Gasteiger partial charge < -0.3 is 4.74 Å². The highest BCUT2D eigenvalue weighted by molar-refractivity contribution is 6.58. The maximum absolute atomic E-state index is 5.88. The van der Waals surface area contributed by atoms with Gasteiger partial charge in [-0.15, -0.1) is 6.58 Å². The fourth-order valence-corrected chi connectivity index (χ4v) is 5.08. The lowest BCUT2D eigenvalue weighted by Crippen LogP contribution is -2.33. The Morgan fingerprint density at radius 2 is 2.06 bits per heavy atom. The maximum Gasteiger partial charge on any atom is 0.0686 e. The Morgan fingerprint density at radius 1 is 1.25 bits per heavy atom. The molecule has 0 aromatic heterocycles. The van der Waals surface area contributed by atoms with E-state index >= 15 is 0 Å². The monoisotopic (exact) mass is 240 g/mol. The van der Waals surface area contributed by atoms with E-state index in [1.807, 2.05) is 6.08 Å². The molecule has 1 heterocycles. The van der Waals surface area contributed by atoms with Crippen LogP contribution in [0.25, 0.3) is 0 Å². The van der Waals surface area contributed by atoms with Crippen LogP contribution in [0, 0.1) is 0 Å². The van der Waals surface area contributed by atoms with Gasteiger partial charge in [0.25, 0.3) is 0 Å². The van der Waals surface area contributed by atoms with E-state index in [0.29, 0.717) is 5.73 Å². The van der Waals surface area contributed by atoms with Crippen molar-refractivity contribution in [2.75, 3.05) is 6.61 Å². The number of hydrogen-bond acceptors (Lipinski definition) is 1. The largest absolute Gasteiger partial charge is 0.382 e. The summed E-state index contributed by atoms with van der Waals surface area (Å²) in [7, 11) is -0.585. The predicted molar refractivity (Wildman–Crippen MR) is 74.7 cm³/mol. The van der Waals surface area contributed by atoms with E-state index in [-0.39, 0.29) is 0 Å². The van der Waals surface area contributed by atoms with E-state index in [2.05, 4.69) is 13.1 Å². The molecular formula is C14H28OSi. The minimum Gasteiger partial charge on any atom is -0.382 e. The van der Waals surface area contributed by atoms with Crippen LogP contribution in [0.15, 0.2) is 12.7 Å². The van der Waals surface area contributed by atoms with Gasteiger partial charge in [-0.2, -0.15) is 0 Å². The molecule has 0 aromatic carbocycles. The summed E-state index contributed by atoms with van der Waals surface area (Å²) in [5, 5.41) is 0. The van der Waals surface area contributed by atoms with Gasteiger partial charge in [0.1, 0.15) is 0 Å². The standard InChI is InChI=1S/C14H28OSi/c1-3-4-5-6-7-10-13-16(2)14-11-8-9-12-15-14/h3,14,16H,1,4-13H2,2H3. The number of hydrogen-bond donors (Lipinski definition) is 0. The lowest BCUT2D eigenvalue weighted by atomic mass is 10.1. The smallest absolute Gasteiger partial charge is 0.0686 e. The van der Waals surface area contributed by atoms with E-state index in [4.69, 9.17) is 4.74 Å². The van der Waals surface area contributed by atoms with Gasteiger partial charge in [-0.1, -0.05) is 37.9 Å². The summed E-state index contributed by atoms with van der Waals surface area (Å²) >= 11 is 0. The zero-order valence-corrected chi connectivity index (χ0v) is 12.1. The Kier molecular flexibility index (Phi) is 7.86. The molecule has 1 aliphatic rings. The third-order valence-electron chi connectivity index (χ3n) is 3.67. The molecule has 0 amide bonds. The van der Waals surface area contributed by atoms with Gasteiger partial charge in [-0.05, 0) is 32.1 Å². The Labute approximate surface area is 103 Å². The summed E-state index contributed by atoms with van der Waals surface area (Å²) in [5.74, 6) is 0. The fourth-order valence-electron chi connectivity index (χ4n) is 2.51. The second kappa shape index (κ2) is 9.00. The molecule has 0 spiro atoms. The molecule has 2 heteroatoms. The highest BCUT2D eigenvalue weighted by Gasteiger charge is 2.21. The van der Waals surface area contributed by atoms with Crippen molar-refractivity contribution >= 4 is 8.80 Å². The van der Waals surface area contributed by atoms with Crippen LogP contribution in [-0.4, -0.2) is 21.1 Å². The van der Waals surface area contributed by atoms with Crippen molar-refractivity contribution in [3.05, 3.63) is 12.7 Å². The summed E-state index contributed by atoms with van der Waals surface area (Å²) in [5.41, 5.74) is 0.696. The Hall–Kier alpha value is -0.0831. The molecule has 1 nitrogen and oxygen atoms in total. The first-order valence-corrected chi connectivity index (χ1v) is 9.71. The summed E-state index contributed by atoms with van der Waals surface area (Å²) < 4.78 is 5.88. The predicted octanol–water partition coefficient (Wildman–Crippen LogP) is 4.09. The summed E-state index contributed by atoms with van der Waals surface area (Å²) in [6.45, 7) is 7.29. The average Bonchev–Trinajstić information content (AvgIpc) is 2.34. The topological polar surface area (TPSA) is 9.23 Å². The van der Waals surface area contributed by atoms with Gasteiger partial charge in [-0.3, -0.25) is 0 Å². The number of allylic oxidation sites excluding steroid dienone is 1. The minimum atomic E-state index is -0.585. The Morgan fingerprint density at radius 3 is 2.75 bits per heavy atom. The maximum atomic E-state index is 5.88. The van der Waals surface area contributed by atoms with Crippen molar-refractivity contribution in [1.82, 2.24) is 0 Å². The highest BCUT2D eigenvalue weighted by atomic mass is 28.3. The van der Waals surface area contributed by atoms with Crippen molar-refractivity contribution in [2.24, 2.45) is 0 Å². The van der Waals surface area contributed by atoms with E-state index < -0.39 is 8.80 Å². The quantitative estimate of drug-likeness (QED) is 0.353. The average molecular weight is 240 g/mol. The minimum absolute atomic E-state index is 0.585. The SMILES string of the molecule is C=CCCCCCC[SiH](C)C1CCCCO1. The molecule has 94 valence electrons. The summed E-state index contributed by atoms with van der Waals surface area (Å²) in [4.78, 5) is 0. The van der Waals surface area contributed by atoms with Crippen LogP contribution in [-0.2, 0) is 4.74 Å². The Bertz CT molecular complexity index is 176. The van der Waals surface area contributed by atoms with Crippen molar-refractivity contribution in [3.63, 3.8) is 0 Å². The molecule has 0 bridgehead atoms. The molecule has 1 saturated heterocycles. The molecule has 0 aliphatic carbocycles. The first-order chi connectivity index (χ1) is 7.84. The van der Waals surface area contributed by atoms with Gasteiger partial charge in [-0.25, -0.2) is 0 Å². The number of unbranched alkanes of at least 4 members (excludes halogenated alkanes) is 4. The molecule has 16 heavy (non-hydrogen) atoms. The zero-order valence-electron chi connectivity index (χ0n) is 10.9.